The Balaban J connectivity index is 1.66. The van der Waals surface area contributed by atoms with E-state index in [4.69, 9.17) is 4.74 Å². The molecule has 0 bridgehead atoms. The highest BCUT2D eigenvalue weighted by atomic mass is 16.5. The zero-order valence-corrected chi connectivity index (χ0v) is 17.8. The number of ether oxygens (including phenoxy) is 1. The quantitative estimate of drug-likeness (QED) is 0.629. The van der Waals surface area contributed by atoms with Crippen LogP contribution in [-0.4, -0.2) is 41.3 Å². The summed E-state index contributed by atoms with van der Waals surface area (Å²) in [7, 11) is 4.76. The molecule has 1 saturated heterocycles. The van der Waals surface area contributed by atoms with Crippen LogP contribution in [0.4, 0.5) is 21.9 Å². The van der Waals surface area contributed by atoms with E-state index in [1.165, 1.54) is 7.11 Å². The molecule has 0 aliphatic carbocycles. The standard InChI is InChI=1S/C22H25N5O4/c1-25-18-12-16(17(27-9-4-5-10-27)13-19(18)26(2)22(25)30)24-21(29)23-15-8-6-7-14(11-15)20(28)31-3/h6-8,11-13H,4-5,9-10H2,1-3H3,(H2,23,24,29). The lowest BCUT2D eigenvalue weighted by atomic mass is 10.2. The van der Waals surface area contributed by atoms with Crippen LogP contribution < -0.4 is 21.2 Å². The lowest BCUT2D eigenvalue weighted by Crippen LogP contribution is -2.24. The monoisotopic (exact) mass is 423 g/mol. The van der Waals surface area contributed by atoms with Crippen molar-refractivity contribution in [3.8, 4) is 0 Å². The number of methoxy groups -OCH3 is 1. The first kappa shape index (κ1) is 20.5. The van der Waals surface area contributed by atoms with E-state index in [1.54, 1.807) is 47.5 Å². The van der Waals surface area contributed by atoms with Crippen LogP contribution in [0.1, 0.15) is 23.2 Å². The van der Waals surface area contributed by atoms with Crippen molar-refractivity contribution in [3.05, 3.63) is 52.4 Å². The smallest absolute Gasteiger partial charge is 0.337 e. The van der Waals surface area contributed by atoms with Crippen LogP contribution in [-0.2, 0) is 18.8 Å². The van der Waals surface area contributed by atoms with Gasteiger partial charge in [0.2, 0.25) is 0 Å². The maximum atomic E-state index is 12.8. The number of aromatic nitrogens is 2. The van der Waals surface area contributed by atoms with Gasteiger partial charge >= 0.3 is 17.7 Å². The number of aryl methyl sites for hydroxylation is 2. The lowest BCUT2D eigenvalue weighted by molar-refractivity contribution is 0.0600. The molecule has 162 valence electrons. The number of hydrogen-bond acceptors (Lipinski definition) is 5. The van der Waals surface area contributed by atoms with Gasteiger partial charge in [-0.3, -0.25) is 9.13 Å². The van der Waals surface area contributed by atoms with E-state index in [1.807, 2.05) is 12.1 Å². The second kappa shape index (κ2) is 8.17. The van der Waals surface area contributed by atoms with E-state index >= 15 is 0 Å². The molecule has 0 atom stereocenters. The number of esters is 1. The minimum Gasteiger partial charge on any atom is -0.465 e. The molecule has 2 N–H and O–H groups in total. The number of anilines is 3. The number of amides is 2. The number of carbonyl (C=O) groups is 2. The zero-order valence-electron chi connectivity index (χ0n) is 17.8. The normalized spacial score (nSPS) is 13.5. The van der Waals surface area contributed by atoms with Crippen molar-refractivity contribution in [1.29, 1.82) is 0 Å². The summed E-state index contributed by atoms with van der Waals surface area (Å²) >= 11 is 0. The number of nitrogens with one attached hydrogen (secondary N) is 2. The molecule has 4 rings (SSSR count). The molecule has 9 heteroatoms. The van der Waals surface area contributed by atoms with Crippen LogP contribution in [0.5, 0.6) is 0 Å². The first-order valence-corrected chi connectivity index (χ1v) is 10.1. The van der Waals surface area contributed by atoms with Gasteiger partial charge in [-0.05, 0) is 43.2 Å². The molecule has 1 aliphatic heterocycles. The summed E-state index contributed by atoms with van der Waals surface area (Å²) < 4.78 is 7.90. The highest BCUT2D eigenvalue weighted by Gasteiger charge is 2.20. The summed E-state index contributed by atoms with van der Waals surface area (Å²) in [6, 6.07) is 9.87. The minimum absolute atomic E-state index is 0.122. The highest BCUT2D eigenvalue weighted by molar-refractivity contribution is 6.04. The zero-order chi connectivity index (χ0) is 22.1. The molecule has 2 aromatic carbocycles. The number of nitrogens with zero attached hydrogens (tertiary/aromatic N) is 3. The molecule has 0 spiro atoms. The first-order chi connectivity index (χ1) is 14.9. The molecule has 9 nitrogen and oxygen atoms in total. The summed E-state index contributed by atoms with van der Waals surface area (Å²) in [5.74, 6) is -0.476. The van der Waals surface area contributed by atoms with E-state index in [0.717, 1.165) is 42.7 Å². The Hall–Kier alpha value is -3.75. The highest BCUT2D eigenvalue weighted by Crippen LogP contribution is 2.33. The van der Waals surface area contributed by atoms with Gasteiger partial charge in [-0.2, -0.15) is 0 Å². The van der Waals surface area contributed by atoms with Crippen molar-refractivity contribution >= 4 is 40.1 Å². The van der Waals surface area contributed by atoms with Gasteiger partial charge in [-0.15, -0.1) is 0 Å². The van der Waals surface area contributed by atoms with Gasteiger partial charge in [0.15, 0.2) is 0 Å². The summed E-state index contributed by atoms with van der Waals surface area (Å²) in [5, 5.41) is 5.67. The number of fused-ring (bicyclic) bond motifs is 1. The molecular formula is C22H25N5O4. The molecule has 3 aromatic rings. The van der Waals surface area contributed by atoms with E-state index < -0.39 is 12.0 Å². The average Bonchev–Trinajstić information content (AvgIpc) is 3.37. The van der Waals surface area contributed by atoms with E-state index in [9.17, 15) is 14.4 Å². The molecule has 31 heavy (non-hydrogen) atoms. The van der Waals surface area contributed by atoms with Crippen molar-refractivity contribution < 1.29 is 14.3 Å². The first-order valence-electron chi connectivity index (χ1n) is 10.1. The Kier molecular flexibility index (Phi) is 5.41. The van der Waals surface area contributed by atoms with Crippen molar-refractivity contribution in [2.45, 2.75) is 12.8 Å². The molecule has 1 aliphatic rings. The van der Waals surface area contributed by atoms with Gasteiger partial charge in [-0.1, -0.05) is 6.07 Å². The number of urea groups is 1. The fourth-order valence-electron chi connectivity index (χ4n) is 3.98. The third kappa shape index (κ3) is 3.86. The van der Waals surface area contributed by atoms with Crippen molar-refractivity contribution in [2.24, 2.45) is 14.1 Å². The predicted octanol–water partition coefficient (Wildman–Crippen LogP) is 2.91. The fourth-order valence-corrected chi connectivity index (χ4v) is 3.98. The fraction of sp³-hybridized carbons (Fsp3) is 0.318. The van der Waals surface area contributed by atoms with Gasteiger partial charge in [0.25, 0.3) is 0 Å². The number of hydrogen-bond donors (Lipinski definition) is 2. The molecule has 0 radical (unpaired) electrons. The minimum atomic E-state index is -0.476. The average molecular weight is 423 g/mol. The SMILES string of the molecule is COC(=O)c1cccc(NC(=O)Nc2cc3c(cc2N2CCCC2)n(C)c(=O)n3C)c1. The molecule has 1 aromatic heterocycles. The van der Waals surface area contributed by atoms with Crippen LogP contribution in [0.2, 0.25) is 0 Å². The summed E-state index contributed by atoms with van der Waals surface area (Å²) in [4.78, 5) is 39.1. The van der Waals surface area contributed by atoms with Crippen molar-refractivity contribution in [1.82, 2.24) is 9.13 Å². The Labute approximate surface area is 179 Å². The molecular weight excluding hydrogens is 398 g/mol. The van der Waals surface area contributed by atoms with Crippen molar-refractivity contribution in [3.63, 3.8) is 0 Å². The summed E-state index contributed by atoms with van der Waals surface area (Å²) in [6.45, 7) is 1.79. The van der Waals surface area contributed by atoms with Crippen molar-refractivity contribution in [2.75, 3.05) is 35.7 Å². The predicted molar refractivity (Wildman–Crippen MR) is 120 cm³/mol. The van der Waals surface area contributed by atoms with E-state index in [2.05, 4.69) is 15.5 Å². The summed E-state index contributed by atoms with van der Waals surface area (Å²) in [5.41, 5.74) is 3.74. The maximum absolute atomic E-state index is 12.8. The van der Waals surface area contributed by atoms with Gasteiger partial charge in [0, 0.05) is 32.9 Å². The Morgan fingerprint density at radius 3 is 2.32 bits per heavy atom. The van der Waals surface area contributed by atoms with Gasteiger partial charge < -0.3 is 20.3 Å². The van der Waals surface area contributed by atoms with Crippen LogP contribution in [0, 0.1) is 0 Å². The molecule has 2 heterocycles. The Morgan fingerprint density at radius 1 is 0.968 bits per heavy atom. The maximum Gasteiger partial charge on any atom is 0.337 e. The molecule has 0 saturated carbocycles. The Bertz CT molecular complexity index is 1220. The second-order valence-corrected chi connectivity index (χ2v) is 7.60. The summed E-state index contributed by atoms with van der Waals surface area (Å²) in [6.07, 6.45) is 2.16. The van der Waals surface area contributed by atoms with Crippen LogP contribution in [0.25, 0.3) is 11.0 Å². The number of benzene rings is 2. The second-order valence-electron chi connectivity index (χ2n) is 7.60. The molecule has 2 amide bonds. The number of carbonyl (C=O) groups excluding carboxylic acids is 2. The number of imidazole rings is 1. The molecule has 0 unspecified atom stereocenters. The van der Waals surface area contributed by atoms with Gasteiger partial charge in [-0.25, -0.2) is 14.4 Å². The topological polar surface area (TPSA) is 97.6 Å². The van der Waals surface area contributed by atoms with Crippen LogP contribution in [0.15, 0.2) is 41.2 Å². The third-order valence-corrected chi connectivity index (χ3v) is 5.63. The third-order valence-electron chi connectivity index (χ3n) is 5.63. The number of rotatable bonds is 4. The van der Waals surface area contributed by atoms with Crippen LogP contribution >= 0.6 is 0 Å². The Morgan fingerprint density at radius 2 is 1.65 bits per heavy atom. The largest absolute Gasteiger partial charge is 0.465 e. The van der Waals surface area contributed by atoms with E-state index in [-0.39, 0.29) is 5.69 Å². The van der Waals surface area contributed by atoms with Crippen LogP contribution in [0.3, 0.4) is 0 Å². The van der Waals surface area contributed by atoms with Gasteiger partial charge in [0.1, 0.15) is 0 Å². The van der Waals surface area contributed by atoms with Gasteiger partial charge in [0.05, 0.1) is 35.1 Å². The molecule has 1 fully saturated rings. The van der Waals surface area contributed by atoms with E-state index in [0.29, 0.717) is 16.9 Å². The lowest BCUT2D eigenvalue weighted by Gasteiger charge is -2.22.